The molecule has 1 saturated heterocycles. The van der Waals surface area contributed by atoms with Crippen LogP contribution in [-0.4, -0.2) is 40.6 Å². The average molecular weight is 340 g/mol. The van der Waals surface area contributed by atoms with E-state index in [1.165, 1.54) is 17.7 Å². The van der Waals surface area contributed by atoms with Gasteiger partial charge in [-0.2, -0.15) is 5.10 Å². The maximum Gasteiger partial charge on any atom is 0.272 e. The highest BCUT2D eigenvalue weighted by Gasteiger charge is 2.25. The van der Waals surface area contributed by atoms with Gasteiger partial charge in [0.25, 0.3) is 5.91 Å². The summed E-state index contributed by atoms with van der Waals surface area (Å²) in [6.45, 7) is 2.81. The molecule has 124 valence electrons. The number of hydrogen-bond donors (Lipinski definition) is 2. The topological polar surface area (TPSA) is 61.0 Å². The van der Waals surface area contributed by atoms with E-state index in [2.05, 4.69) is 37.9 Å². The summed E-state index contributed by atoms with van der Waals surface area (Å²) in [5.41, 5.74) is 1.36. The molecule has 0 aliphatic carbocycles. The normalized spacial score (nSPS) is 16.5. The number of nitrogens with zero attached hydrogens (tertiary/aromatic N) is 2. The lowest BCUT2D eigenvalue weighted by atomic mass is 10.2. The molecule has 3 aromatic rings. The molecular weight excluding hydrogens is 320 g/mol. The first-order valence-electron chi connectivity index (χ1n) is 8.31. The van der Waals surface area contributed by atoms with Crippen LogP contribution in [0.3, 0.4) is 0 Å². The molecule has 0 unspecified atom stereocenters. The van der Waals surface area contributed by atoms with E-state index in [1.807, 2.05) is 24.3 Å². The van der Waals surface area contributed by atoms with Gasteiger partial charge in [-0.05, 0) is 43.4 Å². The van der Waals surface area contributed by atoms with E-state index in [4.69, 9.17) is 0 Å². The van der Waals surface area contributed by atoms with Crippen molar-refractivity contribution >= 4 is 28.1 Å². The molecule has 0 spiro atoms. The third-order valence-corrected chi connectivity index (χ3v) is 5.57. The maximum absolute atomic E-state index is 12.6. The second kappa shape index (κ2) is 6.75. The van der Waals surface area contributed by atoms with Crippen LogP contribution in [-0.2, 0) is 0 Å². The number of likely N-dealkylation sites (tertiary alicyclic amines) is 1. The SMILES string of the molecule is O=C(NC[C@@H](c1cccs1)N1CCCC1)c1n[nH]c2ccccc12. The molecule has 4 rings (SSSR count). The summed E-state index contributed by atoms with van der Waals surface area (Å²) in [7, 11) is 0. The van der Waals surface area contributed by atoms with Crippen LogP contribution in [0.1, 0.15) is 34.2 Å². The molecule has 3 heterocycles. The highest BCUT2D eigenvalue weighted by molar-refractivity contribution is 7.10. The van der Waals surface area contributed by atoms with E-state index >= 15 is 0 Å². The fraction of sp³-hybridized carbons (Fsp3) is 0.333. The first-order valence-corrected chi connectivity index (χ1v) is 9.19. The van der Waals surface area contributed by atoms with Crippen molar-refractivity contribution in [2.24, 2.45) is 0 Å². The summed E-state index contributed by atoms with van der Waals surface area (Å²) in [4.78, 5) is 16.4. The Hall–Kier alpha value is -2.18. The van der Waals surface area contributed by atoms with Gasteiger partial charge in [0.15, 0.2) is 5.69 Å². The van der Waals surface area contributed by atoms with Gasteiger partial charge in [-0.15, -0.1) is 11.3 Å². The highest BCUT2D eigenvalue weighted by Crippen LogP contribution is 2.28. The lowest BCUT2D eigenvalue weighted by Gasteiger charge is -2.26. The van der Waals surface area contributed by atoms with Crippen molar-refractivity contribution in [3.63, 3.8) is 0 Å². The summed E-state index contributed by atoms with van der Waals surface area (Å²) >= 11 is 1.75. The molecule has 24 heavy (non-hydrogen) atoms. The van der Waals surface area contributed by atoms with Gasteiger partial charge in [-0.3, -0.25) is 14.8 Å². The smallest absolute Gasteiger partial charge is 0.272 e. The van der Waals surface area contributed by atoms with Crippen LogP contribution in [0.25, 0.3) is 10.9 Å². The van der Waals surface area contributed by atoms with Crippen LogP contribution in [0, 0.1) is 0 Å². The number of para-hydroxylation sites is 1. The molecule has 1 atom stereocenters. The summed E-state index contributed by atoms with van der Waals surface area (Å²) in [6.07, 6.45) is 2.47. The summed E-state index contributed by atoms with van der Waals surface area (Å²) in [5.74, 6) is -0.117. The van der Waals surface area contributed by atoms with Crippen LogP contribution >= 0.6 is 11.3 Å². The molecule has 0 radical (unpaired) electrons. The monoisotopic (exact) mass is 340 g/mol. The van der Waals surface area contributed by atoms with Gasteiger partial charge < -0.3 is 5.32 Å². The first-order chi connectivity index (χ1) is 11.8. The summed E-state index contributed by atoms with van der Waals surface area (Å²) < 4.78 is 0. The van der Waals surface area contributed by atoms with Crippen LogP contribution in [0.4, 0.5) is 0 Å². The Balaban J connectivity index is 1.50. The molecule has 1 fully saturated rings. The zero-order valence-corrected chi connectivity index (χ0v) is 14.2. The van der Waals surface area contributed by atoms with Crippen LogP contribution in [0.2, 0.25) is 0 Å². The van der Waals surface area contributed by atoms with E-state index in [0.717, 1.165) is 24.0 Å². The number of carbonyl (C=O) groups is 1. The van der Waals surface area contributed by atoms with Gasteiger partial charge in [0.05, 0.1) is 11.6 Å². The van der Waals surface area contributed by atoms with Crippen molar-refractivity contribution in [1.29, 1.82) is 0 Å². The van der Waals surface area contributed by atoms with E-state index in [9.17, 15) is 4.79 Å². The molecule has 2 aromatic heterocycles. The van der Waals surface area contributed by atoms with Crippen molar-refractivity contribution in [2.75, 3.05) is 19.6 Å². The van der Waals surface area contributed by atoms with Crippen molar-refractivity contribution in [3.8, 4) is 0 Å². The number of aromatic amines is 1. The van der Waals surface area contributed by atoms with E-state index in [1.54, 1.807) is 11.3 Å². The number of amides is 1. The second-order valence-electron chi connectivity index (χ2n) is 6.10. The Morgan fingerprint density at radius 3 is 2.88 bits per heavy atom. The quantitative estimate of drug-likeness (QED) is 0.750. The Kier molecular flexibility index (Phi) is 4.32. The summed E-state index contributed by atoms with van der Waals surface area (Å²) in [5, 5.41) is 13.2. The highest BCUT2D eigenvalue weighted by atomic mass is 32.1. The van der Waals surface area contributed by atoms with Crippen molar-refractivity contribution in [3.05, 3.63) is 52.3 Å². The minimum atomic E-state index is -0.117. The Morgan fingerprint density at radius 1 is 1.25 bits per heavy atom. The predicted molar refractivity (Wildman–Crippen MR) is 96.3 cm³/mol. The van der Waals surface area contributed by atoms with Gasteiger partial charge in [-0.1, -0.05) is 24.3 Å². The molecule has 1 aliphatic rings. The maximum atomic E-state index is 12.6. The average Bonchev–Trinajstić information content (AvgIpc) is 3.36. The number of aromatic nitrogens is 2. The molecule has 1 aromatic carbocycles. The molecule has 0 saturated carbocycles. The third kappa shape index (κ3) is 2.95. The van der Waals surface area contributed by atoms with E-state index < -0.39 is 0 Å². The fourth-order valence-electron chi connectivity index (χ4n) is 3.35. The largest absolute Gasteiger partial charge is 0.349 e. The Bertz CT molecular complexity index is 821. The van der Waals surface area contributed by atoms with Crippen LogP contribution in [0.5, 0.6) is 0 Å². The van der Waals surface area contributed by atoms with Crippen molar-refractivity contribution in [1.82, 2.24) is 20.4 Å². The zero-order valence-electron chi connectivity index (χ0n) is 13.4. The van der Waals surface area contributed by atoms with Gasteiger partial charge in [0.2, 0.25) is 0 Å². The molecular formula is C18H20N4OS. The predicted octanol–water partition coefficient (Wildman–Crippen LogP) is 3.19. The number of H-pyrrole nitrogens is 1. The van der Waals surface area contributed by atoms with Gasteiger partial charge >= 0.3 is 0 Å². The molecule has 1 amide bonds. The number of thiophene rings is 1. The lowest BCUT2D eigenvalue weighted by molar-refractivity contribution is 0.0935. The number of rotatable bonds is 5. The fourth-order valence-corrected chi connectivity index (χ4v) is 4.21. The van der Waals surface area contributed by atoms with Gasteiger partial charge in [-0.25, -0.2) is 0 Å². The molecule has 0 bridgehead atoms. The molecule has 6 heteroatoms. The van der Waals surface area contributed by atoms with Gasteiger partial charge in [0.1, 0.15) is 0 Å². The molecule has 5 nitrogen and oxygen atoms in total. The van der Waals surface area contributed by atoms with Gasteiger partial charge in [0, 0.05) is 16.8 Å². The number of benzene rings is 1. The van der Waals surface area contributed by atoms with E-state index in [0.29, 0.717) is 12.2 Å². The minimum Gasteiger partial charge on any atom is -0.349 e. The number of nitrogens with one attached hydrogen (secondary N) is 2. The van der Waals surface area contributed by atoms with Crippen LogP contribution in [0.15, 0.2) is 41.8 Å². The molecule has 1 aliphatic heterocycles. The molecule has 2 N–H and O–H groups in total. The number of hydrogen-bond acceptors (Lipinski definition) is 4. The van der Waals surface area contributed by atoms with Crippen molar-refractivity contribution < 1.29 is 4.79 Å². The lowest BCUT2D eigenvalue weighted by Crippen LogP contribution is -2.36. The Labute approximate surface area is 144 Å². The standard InChI is InChI=1S/C18H20N4OS/c23-18(17-13-6-1-2-7-14(13)20-21-17)19-12-15(16-8-5-11-24-16)22-9-3-4-10-22/h1-2,5-8,11,15H,3-4,9-10,12H2,(H,19,23)(H,20,21)/t15-/m0/s1. The number of carbonyl (C=O) groups excluding carboxylic acids is 1. The second-order valence-corrected chi connectivity index (χ2v) is 7.08. The number of fused-ring (bicyclic) bond motifs is 1. The van der Waals surface area contributed by atoms with E-state index in [-0.39, 0.29) is 11.9 Å². The zero-order chi connectivity index (χ0) is 16.4. The first kappa shape index (κ1) is 15.4. The van der Waals surface area contributed by atoms with Crippen LogP contribution < -0.4 is 5.32 Å². The third-order valence-electron chi connectivity index (χ3n) is 4.59. The summed E-state index contributed by atoms with van der Waals surface area (Å²) in [6, 6.07) is 12.2. The van der Waals surface area contributed by atoms with Crippen molar-refractivity contribution in [2.45, 2.75) is 18.9 Å². The Morgan fingerprint density at radius 2 is 2.08 bits per heavy atom. The minimum absolute atomic E-state index is 0.117.